The van der Waals surface area contributed by atoms with E-state index in [0.717, 1.165) is 0 Å². The monoisotopic (exact) mass is 237 g/mol. The van der Waals surface area contributed by atoms with Crippen LogP contribution in [0.25, 0.3) is 0 Å². The zero-order valence-corrected chi connectivity index (χ0v) is 8.33. The van der Waals surface area contributed by atoms with Crippen molar-refractivity contribution in [3.63, 3.8) is 0 Å². The van der Waals surface area contributed by atoms with Gasteiger partial charge in [-0.2, -0.15) is 0 Å². The summed E-state index contributed by atoms with van der Waals surface area (Å²) in [6.07, 6.45) is 0. The second kappa shape index (κ2) is 6.44. The SMILES string of the molecule is NS(=O)[O-].O=[N+]([O-])c1ccccc1Cl. The van der Waals surface area contributed by atoms with Gasteiger partial charge in [0.2, 0.25) is 0 Å². The predicted molar refractivity (Wildman–Crippen MR) is 51.2 cm³/mol. The molecular formula is C6H6ClN2O4S-. The molecular weight excluding hydrogens is 232 g/mol. The van der Waals surface area contributed by atoms with Crippen LogP contribution in [0.5, 0.6) is 0 Å². The number of hydrogen-bond donors (Lipinski definition) is 1. The Bertz CT molecular complexity index is 342. The largest absolute Gasteiger partial charge is 0.760 e. The van der Waals surface area contributed by atoms with Gasteiger partial charge >= 0.3 is 0 Å². The Labute approximate surface area is 87.2 Å². The third kappa shape index (κ3) is 5.60. The number of para-hydroxylation sites is 1. The molecule has 0 aromatic heterocycles. The normalized spacial score (nSPS) is 11.1. The topological polar surface area (TPSA) is 109 Å². The van der Waals surface area contributed by atoms with E-state index in [9.17, 15) is 10.1 Å². The molecule has 0 bridgehead atoms. The molecule has 0 spiro atoms. The molecule has 14 heavy (non-hydrogen) atoms. The molecule has 0 saturated carbocycles. The molecule has 0 radical (unpaired) electrons. The molecule has 1 rings (SSSR count). The van der Waals surface area contributed by atoms with E-state index in [1.807, 2.05) is 0 Å². The number of hydrogen-bond acceptors (Lipinski definition) is 4. The Hall–Kier alpha value is -1.02. The third-order valence-electron chi connectivity index (χ3n) is 1.05. The molecule has 1 atom stereocenters. The minimum absolute atomic E-state index is 0.0517. The van der Waals surface area contributed by atoms with Crippen LogP contribution in [0.1, 0.15) is 0 Å². The molecule has 2 N–H and O–H groups in total. The van der Waals surface area contributed by atoms with E-state index in [2.05, 4.69) is 5.14 Å². The molecule has 0 heterocycles. The fourth-order valence-electron chi connectivity index (χ4n) is 0.600. The quantitative estimate of drug-likeness (QED) is 0.446. The highest BCUT2D eigenvalue weighted by Crippen LogP contribution is 2.21. The van der Waals surface area contributed by atoms with Crippen LogP contribution >= 0.6 is 11.6 Å². The van der Waals surface area contributed by atoms with Crippen molar-refractivity contribution in [2.75, 3.05) is 0 Å². The number of nitro benzene ring substituents is 1. The van der Waals surface area contributed by atoms with Crippen LogP contribution in [0.15, 0.2) is 24.3 Å². The molecule has 0 aliphatic rings. The van der Waals surface area contributed by atoms with Gasteiger partial charge in [0, 0.05) is 17.3 Å². The molecule has 0 amide bonds. The Morgan fingerprint density at radius 3 is 2.14 bits per heavy atom. The van der Waals surface area contributed by atoms with Crippen LogP contribution in [-0.4, -0.2) is 13.7 Å². The number of nitro groups is 1. The third-order valence-corrected chi connectivity index (χ3v) is 1.37. The summed E-state index contributed by atoms with van der Waals surface area (Å²) in [6.45, 7) is 0. The Balaban J connectivity index is 0.000000364. The first-order valence-corrected chi connectivity index (χ1v) is 4.69. The van der Waals surface area contributed by atoms with Gasteiger partial charge in [0.05, 0.1) is 4.92 Å². The highest BCUT2D eigenvalue weighted by atomic mass is 35.5. The standard InChI is InChI=1S/C6H4ClNO2.H3NO2S/c7-5-3-1-2-4-6(5)8(9)10;1-4(2)3/h1-4H;1H2,(H,2,3)/p-1. The molecule has 1 aromatic carbocycles. The predicted octanol–water partition coefficient (Wildman–Crippen LogP) is 0.987. The number of nitrogens with zero attached hydrogens (tertiary/aromatic N) is 1. The van der Waals surface area contributed by atoms with E-state index in [1.165, 1.54) is 12.1 Å². The first kappa shape index (κ1) is 13.0. The van der Waals surface area contributed by atoms with Crippen molar-refractivity contribution in [3.8, 4) is 0 Å². The fourth-order valence-corrected chi connectivity index (χ4v) is 0.805. The van der Waals surface area contributed by atoms with Gasteiger partial charge in [-0.05, 0) is 6.07 Å². The first-order valence-electron chi connectivity index (χ1n) is 3.17. The van der Waals surface area contributed by atoms with Crippen molar-refractivity contribution < 1.29 is 13.7 Å². The van der Waals surface area contributed by atoms with Crippen molar-refractivity contribution in [2.45, 2.75) is 0 Å². The lowest BCUT2D eigenvalue weighted by Gasteiger charge is -1.90. The number of halogens is 1. The van der Waals surface area contributed by atoms with Gasteiger partial charge < -0.3 is 4.55 Å². The average Bonchev–Trinajstić information content (AvgIpc) is 2.03. The van der Waals surface area contributed by atoms with E-state index in [-0.39, 0.29) is 10.7 Å². The molecule has 1 aromatic rings. The van der Waals surface area contributed by atoms with Crippen molar-refractivity contribution in [1.82, 2.24) is 0 Å². The summed E-state index contributed by atoms with van der Waals surface area (Å²) in [4.78, 5) is 9.63. The van der Waals surface area contributed by atoms with Crippen molar-refractivity contribution in [2.24, 2.45) is 5.14 Å². The Morgan fingerprint density at radius 1 is 1.43 bits per heavy atom. The van der Waals surface area contributed by atoms with E-state index < -0.39 is 16.2 Å². The summed E-state index contributed by atoms with van der Waals surface area (Å²) in [6, 6.07) is 6.07. The van der Waals surface area contributed by atoms with Crippen LogP contribution in [-0.2, 0) is 11.3 Å². The number of rotatable bonds is 1. The highest BCUT2D eigenvalue weighted by molar-refractivity contribution is 7.76. The summed E-state index contributed by atoms with van der Waals surface area (Å²) in [5, 5.41) is 14.3. The maximum absolute atomic E-state index is 10.1. The van der Waals surface area contributed by atoms with Gasteiger partial charge in [-0.15, -0.1) is 0 Å². The van der Waals surface area contributed by atoms with Crippen molar-refractivity contribution in [1.29, 1.82) is 0 Å². The molecule has 0 fully saturated rings. The summed E-state index contributed by atoms with van der Waals surface area (Å²) in [5.41, 5.74) is -0.0517. The second-order valence-electron chi connectivity index (χ2n) is 1.97. The minimum atomic E-state index is -2.36. The summed E-state index contributed by atoms with van der Waals surface area (Å²) < 4.78 is 17.6. The zero-order valence-electron chi connectivity index (χ0n) is 6.75. The van der Waals surface area contributed by atoms with Gasteiger partial charge in [0.25, 0.3) is 5.69 Å². The molecule has 78 valence electrons. The van der Waals surface area contributed by atoms with Gasteiger partial charge in [0.1, 0.15) is 5.02 Å². The summed E-state index contributed by atoms with van der Waals surface area (Å²) in [5.74, 6) is 0. The molecule has 0 saturated heterocycles. The van der Waals surface area contributed by atoms with Crippen molar-refractivity contribution in [3.05, 3.63) is 39.4 Å². The van der Waals surface area contributed by atoms with Crippen LogP contribution in [0.4, 0.5) is 5.69 Å². The lowest BCUT2D eigenvalue weighted by molar-refractivity contribution is -0.384. The van der Waals surface area contributed by atoms with E-state index in [1.54, 1.807) is 12.1 Å². The van der Waals surface area contributed by atoms with Gasteiger partial charge in [-0.25, -0.2) is 0 Å². The van der Waals surface area contributed by atoms with E-state index in [0.29, 0.717) is 0 Å². The number of benzene rings is 1. The Morgan fingerprint density at radius 2 is 1.86 bits per heavy atom. The van der Waals surface area contributed by atoms with E-state index in [4.69, 9.17) is 20.4 Å². The summed E-state index contributed by atoms with van der Waals surface area (Å²) >= 11 is 3.12. The number of nitrogens with two attached hydrogens (primary N) is 1. The Kier molecular flexibility index (Phi) is 5.97. The fraction of sp³-hybridized carbons (Fsp3) is 0. The van der Waals surface area contributed by atoms with Gasteiger partial charge in [-0.1, -0.05) is 23.7 Å². The molecule has 8 heteroatoms. The molecule has 1 unspecified atom stereocenters. The lowest BCUT2D eigenvalue weighted by atomic mass is 10.3. The molecule has 6 nitrogen and oxygen atoms in total. The van der Waals surface area contributed by atoms with Gasteiger partial charge in [-0.3, -0.25) is 19.5 Å². The van der Waals surface area contributed by atoms with Gasteiger partial charge in [0.15, 0.2) is 0 Å². The summed E-state index contributed by atoms with van der Waals surface area (Å²) in [7, 11) is 0. The maximum atomic E-state index is 10.1. The van der Waals surface area contributed by atoms with E-state index >= 15 is 0 Å². The first-order chi connectivity index (χ1) is 6.45. The zero-order chi connectivity index (χ0) is 11.1. The second-order valence-corrected chi connectivity index (χ2v) is 2.90. The minimum Gasteiger partial charge on any atom is -0.760 e. The molecule has 0 aliphatic heterocycles. The van der Waals surface area contributed by atoms with Crippen LogP contribution in [0, 0.1) is 10.1 Å². The maximum Gasteiger partial charge on any atom is 0.287 e. The van der Waals surface area contributed by atoms with Crippen LogP contribution in [0.2, 0.25) is 5.02 Å². The average molecular weight is 238 g/mol. The molecule has 0 aliphatic carbocycles. The highest BCUT2D eigenvalue weighted by Gasteiger charge is 2.08. The smallest absolute Gasteiger partial charge is 0.287 e. The van der Waals surface area contributed by atoms with Crippen LogP contribution < -0.4 is 5.14 Å². The van der Waals surface area contributed by atoms with Crippen LogP contribution in [0.3, 0.4) is 0 Å². The lowest BCUT2D eigenvalue weighted by Crippen LogP contribution is -1.97. The van der Waals surface area contributed by atoms with Crippen molar-refractivity contribution >= 4 is 28.6 Å².